The van der Waals surface area contributed by atoms with Crippen molar-refractivity contribution in [3.63, 3.8) is 0 Å². The maximum atomic E-state index is 12.0. The Bertz CT molecular complexity index is 428. The Balaban J connectivity index is 2.70. The number of hydrogen-bond donors (Lipinski definition) is 1. The first-order valence-corrected chi connectivity index (χ1v) is 6.94. The van der Waals surface area contributed by atoms with Crippen molar-refractivity contribution in [3.05, 3.63) is 35.9 Å². The first-order valence-electron chi connectivity index (χ1n) is 6.43. The fourth-order valence-electron chi connectivity index (χ4n) is 1.71. The van der Waals surface area contributed by atoms with Crippen molar-refractivity contribution in [3.8, 4) is 5.75 Å². The van der Waals surface area contributed by atoms with Crippen LogP contribution in [0.5, 0.6) is 5.75 Å². The molecule has 0 saturated heterocycles. The van der Waals surface area contributed by atoms with Crippen LogP contribution in [0.1, 0.15) is 25.8 Å². The first-order chi connectivity index (χ1) is 9.12. The van der Waals surface area contributed by atoms with E-state index in [1.54, 1.807) is 24.2 Å². The molecular weight excluding hydrogens is 258 g/mol. The molecule has 0 bridgehead atoms. The molecule has 0 aromatic heterocycles. The Hall–Kier alpha value is -1.42. The molecule has 1 unspecified atom stereocenters. The molecule has 4 heteroatoms. The molecule has 3 nitrogen and oxygen atoms in total. The van der Waals surface area contributed by atoms with Crippen LogP contribution < -0.4 is 4.74 Å². The van der Waals surface area contributed by atoms with Crippen molar-refractivity contribution in [2.24, 2.45) is 0 Å². The molecule has 0 saturated carbocycles. The second-order valence-electron chi connectivity index (χ2n) is 4.12. The van der Waals surface area contributed by atoms with E-state index in [0.29, 0.717) is 6.54 Å². The Morgan fingerprint density at radius 3 is 2.47 bits per heavy atom. The smallest absolute Gasteiger partial charge is 0.247 e. The predicted octanol–water partition coefficient (Wildman–Crippen LogP) is 3.22. The van der Waals surface area contributed by atoms with Crippen molar-refractivity contribution in [2.75, 3.05) is 13.7 Å². The number of amides is 1. The summed E-state index contributed by atoms with van der Waals surface area (Å²) in [6, 6.07) is 7.57. The first kappa shape index (κ1) is 15.6. The van der Waals surface area contributed by atoms with Gasteiger partial charge in [0.2, 0.25) is 5.91 Å². The summed E-state index contributed by atoms with van der Waals surface area (Å²) in [6.45, 7) is 4.63. The molecule has 0 spiro atoms. The van der Waals surface area contributed by atoms with Gasteiger partial charge in [-0.1, -0.05) is 19.1 Å². The molecule has 19 heavy (non-hydrogen) atoms. The largest absolute Gasteiger partial charge is 0.497 e. The summed E-state index contributed by atoms with van der Waals surface area (Å²) >= 11 is 4.41. The summed E-state index contributed by atoms with van der Waals surface area (Å²) in [4.78, 5) is 13.8. The average Bonchev–Trinajstić information content (AvgIpc) is 2.46. The SMILES string of the molecule is CCC(S)N(CC)C(=O)/C=C/c1ccc(OC)cc1. The lowest BCUT2D eigenvalue weighted by atomic mass is 10.2. The Labute approximate surface area is 120 Å². The minimum atomic E-state index is -0.0296. The third-order valence-corrected chi connectivity index (χ3v) is 3.53. The summed E-state index contributed by atoms with van der Waals surface area (Å²) in [7, 11) is 1.63. The van der Waals surface area contributed by atoms with Gasteiger partial charge in [-0.2, -0.15) is 12.6 Å². The highest BCUT2D eigenvalue weighted by molar-refractivity contribution is 7.80. The van der Waals surface area contributed by atoms with Crippen molar-refractivity contribution in [1.82, 2.24) is 4.90 Å². The van der Waals surface area contributed by atoms with Crippen LogP contribution in [0.4, 0.5) is 0 Å². The number of carbonyl (C=O) groups excluding carboxylic acids is 1. The molecule has 0 fully saturated rings. The molecule has 0 aliphatic heterocycles. The molecule has 1 amide bonds. The Kier molecular flexibility index (Phi) is 6.50. The van der Waals surface area contributed by atoms with Crippen LogP contribution in [0, 0.1) is 0 Å². The summed E-state index contributed by atoms with van der Waals surface area (Å²) in [5.74, 6) is 0.792. The maximum absolute atomic E-state index is 12.0. The number of likely N-dealkylation sites (N-methyl/N-ethyl adjacent to an activating group) is 1. The van der Waals surface area contributed by atoms with Crippen LogP contribution in [0.25, 0.3) is 6.08 Å². The molecule has 1 rings (SSSR count). The van der Waals surface area contributed by atoms with E-state index < -0.39 is 0 Å². The zero-order valence-electron chi connectivity index (χ0n) is 11.7. The van der Waals surface area contributed by atoms with E-state index in [0.717, 1.165) is 17.7 Å². The number of nitrogens with zero attached hydrogens (tertiary/aromatic N) is 1. The van der Waals surface area contributed by atoms with Gasteiger partial charge in [-0.15, -0.1) is 0 Å². The van der Waals surface area contributed by atoms with Crippen molar-refractivity contribution >= 4 is 24.6 Å². The minimum absolute atomic E-state index is 0.0137. The van der Waals surface area contributed by atoms with Crippen molar-refractivity contribution < 1.29 is 9.53 Å². The van der Waals surface area contributed by atoms with E-state index in [1.807, 2.05) is 38.1 Å². The van der Waals surface area contributed by atoms with Crippen LogP contribution in [-0.4, -0.2) is 29.8 Å². The summed E-state index contributed by atoms with van der Waals surface area (Å²) in [6.07, 6.45) is 4.23. The third kappa shape index (κ3) is 4.63. The molecule has 0 N–H and O–H groups in total. The molecule has 1 aromatic carbocycles. The molecule has 104 valence electrons. The molecule has 0 heterocycles. The minimum Gasteiger partial charge on any atom is -0.497 e. The van der Waals surface area contributed by atoms with Gasteiger partial charge in [-0.25, -0.2) is 0 Å². The highest BCUT2D eigenvalue weighted by Gasteiger charge is 2.14. The van der Waals surface area contributed by atoms with E-state index in [-0.39, 0.29) is 11.3 Å². The van der Waals surface area contributed by atoms with Gasteiger partial charge in [0.05, 0.1) is 12.5 Å². The quantitative estimate of drug-likeness (QED) is 0.492. The number of methoxy groups -OCH3 is 1. The highest BCUT2D eigenvalue weighted by atomic mass is 32.1. The van der Waals surface area contributed by atoms with Gasteiger partial charge in [-0.05, 0) is 37.1 Å². The summed E-state index contributed by atoms with van der Waals surface area (Å²) in [5.41, 5.74) is 0.970. The third-order valence-electron chi connectivity index (χ3n) is 2.88. The van der Waals surface area contributed by atoms with E-state index in [2.05, 4.69) is 12.6 Å². The lowest BCUT2D eigenvalue weighted by Crippen LogP contribution is -2.35. The van der Waals surface area contributed by atoms with Crippen LogP contribution in [0.2, 0.25) is 0 Å². The van der Waals surface area contributed by atoms with E-state index in [1.165, 1.54) is 0 Å². The van der Waals surface area contributed by atoms with Crippen LogP contribution in [0.3, 0.4) is 0 Å². The Morgan fingerprint density at radius 1 is 1.37 bits per heavy atom. The molecule has 0 radical (unpaired) electrons. The zero-order chi connectivity index (χ0) is 14.3. The van der Waals surface area contributed by atoms with Crippen molar-refractivity contribution in [1.29, 1.82) is 0 Å². The summed E-state index contributed by atoms with van der Waals surface area (Å²) in [5, 5.41) is -0.0296. The lowest BCUT2D eigenvalue weighted by molar-refractivity contribution is -0.126. The van der Waals surface area contributed by atoms with Gasteiger partial charge in [0, 0.05) is 12.6 Å². The molecule has 0 aliphatic rings. The highest BCUT2D eigenvalue weighted by Crippen LogP contribution is 2.13. The monoisotopic (exact) mass is 279 g/mol. The fraction of sp³-hybridized carbons (Fsp3) is 0.400. The van der Waals surface area contributed by atoms with Crippen molar-refractivity contribution in [2.45, 2.75) is 25.6 Å². The topological polar surface area (TPSA) is 29.5 Å². The summed E-state index contributed by atoms with van der Waals surface area (Å²) < 4.78 is 5.09. The lowest BCUT2D eigenvalue weighted by Gasteiger charge is -2.24. The average molecular weight is 279 g/mol. The number of ether oxygens (including phenoxy) is 1. The van der Waals surface area contributed by atoms with Gasteiger partial charge in [0.25, 0.3) is 0 Å². The van der Waals surface area contributed by atoms with Crippen LogP contribution in [-0.2, 0) is 4.79 Å². The fourth-order valence-corrected chi connectivity index (χ4v) is 1.99. The van der Waals surface area contributed by atoms with Gasteiger partial charge >= 0.3 is 0 Å². The van der Waals surface area contributed by atoms with Gasteiger partial charge in [-0.3, -0.25) is 4.79 Å². The molecular formula is C15H21NO2S. The van der Waals surface area contributed by atoms with E-state index >= 15 is 0 Å². The number of thiol groups is 1. The molecule has 1 aromatic rings. The molecule has 1 atom stereocenters. The normalized spacial score (nSPS) is 12.4. The number of hydrogen-bond acceptors (Lipinski definition) is 3. The second-order valence-corrected chi connectivity index (χ2v) is 4.72. The Morgan fingerprint density at radius 2 is 2.00 bits per heavy atom. The number of rotatable bonds is 6. The van der Waals surface area contributed by atoms with Gasteiger partial charge < -0.3 is 9.64 Å². The van der Waals surface area contributed by atoms with Gasteiger partial charge in [0.15, 0.2) is 0 Å². The van der Waals surface area contributed by atoms with E-state index in [4.69, 9.17) is 4.74 Å². The predicted molar refractivity (Wildman–Crippen MR) is 82.5 cm³/mol. The second kappa shape index (κ2) is 7.89. The standard InChI is InChI=1S/C15H21NO2S/c1-4-15(19)16(5-2)14(17)11-8-12-6-9-13(18-3)10-7-12/h6-11,15,19H,4-5H2,1-3H3/b11-8+. The zero-order valence-corrected chi connectivity index (χ0v) is 12.6. The number of benzene rings is 1. The van der Waals surface area contributed by atoms with Gasteiger partial charge in [0.1, 0.15) is 5.75 Å². The van der Waals surface area contributed by atoms with Crippen LogP contribution >= 0.6 is 12.6 Å². The molecule has 0 aliphatic carbocycles. The number of carbonyl (C=O) groups is 1. The maximum Gasteiger partial charge on any atom is 0.247 e. The van der Waals surface area contributed by atoms with E-state index in [9.17, 15) is 4.79 Å². The van der Waals surface area contributed by atoms with Crippen LogP contribution in [0.15, 0.2) is 30.3 Å².